The molecule has 86 valence electrons. The maximum absolute atomic E-state index is 11.7. The topological polar surface area (TPSA) is 41.1 Å². The van der Waals surface area contributed by atoms with Crippen LogP contribution in [-0.2, 0) is 4.79 Å². The Morgan fingerprint density at radius 3 is 2.81 bits per heavy atom. The van der Waals surface area contributed by atoms with Crippen LogP contribution in [0.15, 0.2) is 24.3 Å². The molecule has 1 aliphatic rings. The Morgan fingerprint density at radius 1 is 1.44 bits per heavy atom. The van der Waals surface area contributed by atoms with Crippen molar-refractivity contribution in [2.75, 3.05) is 11.9 Å². The van der Waals surface area contributed by atoms with E-state index in [4.69, 9.17) is 0 Å². The standard InChI is InChI=1S/C13H18N2O/c1-10-4-6-11(7-5-10)15-13(16)9-12-3-2-8-14-12/h4-7,12,14H,2-3,8-9H2,1H3,(H,15,16). The number of nitrogens with one attached hydrogen (secondary N) is 2. The van der Waals surface area contributed by atoms with Crippen molar-refractivity contribution in [3.05, 3.63) is 29.8 Å². The Bertz CT molecular complexity index is 353. The number of hydrogen-bond acceptors (Lipinski definition) is 2. The zero-order chi connectivity index (χ0) is 11.4. The first-order valence-corrected chi connectivity index (χ1v) is 5.84. The molecule has 0 spiro atoms. The van der Waals surface area contributed by atoms with Gasteiger partial charge in [-0.15, -0.1) is 0 Å². The average Bonchev–Trinajstić information content (AvgIpc) is 2.74. The van der Waals surface area contributed by atoms with Crippen LogP contribution in [0.1, 0.15) is 24.8 Å². The maximum atomic E-state index is 11.7. The lowest BCUT2D eigenvalue weighted by Gasteiger charge is -2.10. The molecular formula is C13H18N2O. The normalized spacial score (nSPS) is 19.7. The summed E-state index contributed by atoms with van der Waals surface area (Å²) >= 11 is 0. The minimum absolute atomic E-state index is 0.100. The van der Waals surface area contributed by atoms with Crippen LogP contribution in [0.2, 0.25) is 0 Å². The molecule has 0 saturated carbocycles. The number of anilines is 1. The van der Waals surface area contributed by atoms with Crippen molar-refractivity contribution < 1.29 is 4.79 Å². The minimum atomic E-state index is 0.100. The number of benzene rings is 1. The molecular weight excluding hydrogens is 200 g/mol. The molecule has 1 heterocycles. The molecule has 0 aromatic heterocycles. The van der Waals surface area contributed by atoms with E-state index in [-0.39, 0.29) is 5.91 Å². The van der Waals surface area contributed by atoms with Gasteiger partial charge in [0.2, 0.25) is 5.91 Å². The van der Waals surface area contributed by atoms with Crippen LogP contribution in [0.3, 0.4) is 0 Å². The van der Waals surface area contributed by atoms with Gasteiger partial charge < -0.3 is 10.6 Å². The largest absolute Gasteiger partial charge is 0.326 e. The molecule has 2 rings (SSSR count). The number of rotatable bonds is 3. The van der Waals surface area contributed by atoms with E-state index in [1.807, 2.05) is 31.2 Å². The van der Waals surface area contributed by atoms with E-state index in [0.717, 1.165) is 18.7 Å². The molecule has 2 N–H and O–H groups in total. The Hall–Kier alpha value is -1.35. The fraction of sp³-hybridized carbons (Fsp3) is 0.462. The highest BCUT2D eigenvalue weighted by Crippen LogP contribution is 2.12. The molecule has 0 bridgehead atoms. The highest BCUT2D eigenvalue weighted by Gasteiger charge is 2.17. The van der Waals surface area contributed by atoms with Gasteiger partial charge in [0.25, 0.3) is 0 Å². The summed E-state index contributed by atoms with van der Waals surface area (Å²) in [5.74, 6) is 0.100. The second-order valence-corrected chi connectivity index (χ2v) is 4.41. The van der Waals surface area contributed by atoms with Gasteiger partial charge >= 0.3 is 0 Å². The lowest BCUT2D eigenvalue weighted by atomic mass is 10.1. The van der Waals surface area contributed by atoms with Crippen molar-refractivity contribution in [3.63, 3.8) is 0 Å². The minimum Gasteiger partial charge on any atom is -0.326 e. The summed E-state index contributed by atoms with van der Waals surface area (Å²) in [6.45, 7) is 3.08. The van der Waals surface area contributed by atoms with Gasteiger partial charge in [-0.1, -0.05) is 17.7 Å². The molecule has 16 heavy (non-hydrogen) atoms. The lowest BCUT2D eigenvalue weighted by molar-refractivity contribution is -0.116. The fourth-order valence-corrected chi connectivity index (χ4v) is 2.00. The van der Waals surface area contributed by atoms with E-state index in [1.54, 1.807) is 0 Å². The van der Waals surface area contributed by atoms with Crippen molar-refractivity contribution in [2.45, 2.75) is 32.2 Å². The first-order chi connectivity index (χ1) is 7.74. The summed E-state index contributed by atoms with van der Waals surface area (Å²) in [5, 5.41) is 6.24. The monoisotopic (exact) mass is 218 g/mol. The zero-order valence-electron chi connectivity index (χ0n) is 9.62. The molecule has 1 fully saturated rings. The number of hydrogen-bond donors (Lipinski definition) is 2. The smallest absolute Gasteiger partial charge is 0.225 e. The van der Waals surface area contributed by atoms with Crippen LogP contribution in [0.25, 0.3) is 0 Å². The molecule has 0 aliphatic carbocycles. The third kappa shape index (κ3) is 3.07. The summed E-state index contributed by atoms with van der Waals surface area (Å²) in [7, 11) is 0. The van der Waals surface area contributed by atoms with Gasteiger partial charge in [0, 0.05) is 18.2 Å². The number of carbonyl (C=O) groups excluding carboxylic acids is 1. The van der Waals surface area contributed by atoms with E-state index in [2.05, 4.69) is 10.6 Å². The second-order valence-electron chi connectivity index (χ2n) is 4.41. The average molecular weight is 218 g/mol. The fourth-order valence-electron chi connectivity index (χ4n) is 2.00. The molecule has 3 heteroatoms. The maximum Gasteiger partial charge on any atom is 0.225 e. The van der Waals surface area contributed by atoms with Crippen molar-refractivity contribution in [3.8, 4) is 0 Å². The summed E-state index contributed by atoms with van der Waals surface area (Å²) in [4.78, 5) is 11.7. The van der Waals surface area contributed by atoms with Crippen LogP contribution >= 0.6 is 0 Å². The molecule has 1 aliphatic heterocycles. The van der Waals surface area contributed by atoms with Gasteiger partial charge in [-0.05, 0) is 38.4 Å². The molecule has 1 atom stereocenters. The Labute approximate surface area is 96.2 Å². The third-order valence-corrected chi connectivity index (χ3v) is 2.93. The Kier molecular flexibility index (Phi) is 3.57. The molecule has 1 aromatic rings. The van der Waals surface area contributed by atoms with Crippen LogP contribution in [0, 0.1) is 6.92 Å². The number of amides is 1. The number of carbonyl (C=O) groups is 1. The summed E-state index contributed by atoms with van der Waals surface area (Å²) in [5.41, 5.74) is 2.09. The van der Waals surface area contributed by atoms with E-state index < -0.39 is 0 Å². The molecule has 1 unspecified atom stereocenters. The first kappa shape index (κ1) is 11.1. The van der Waals surface area contributed by atoms with Crippen LogP contribution in [0.5, 0.6) is 0 Å². The summed E-state index contributed by atoms with van der Waals surface area (Å²) < 4.78 is 0. The predicted molar refractivity (Wildman–Crippen MR) is 65.5 cm³/mol. The van der Waals surface area contributed by atoms with Crippen LogP contribution in [-0.4, -0.2) is 18.5 Å². The van der Waals surface area contributed by atoms with Gasteiger partial charge in [0.15, 0.2) is 0 Å². The van der Waals surface area contributed by atoms with Crippen molar-refractivity contribution in [1.29, 1.82) is 0 Å². The van der Waals surface area contributed by atoms with E-state index >= 15 is 0 Å². The van der Waals surface area contributed by atoms with Gasteiger partial charge in [-0.25, -0.2) is 0 Å². The van der Waals surface area contributed by atoms with Gasteiger partial charge in [-0.3, -0.25) is 4.79 Å². The second kappa shape index (κ2) is 5.12. The molecule has 0 radical (unpaired) electrons. The van der Waals surface area contributed by atoms with Gasteiger partial charge in [-0.2, -0.15) is 0 Å². The molecule has 1 amide bonds. The Morgan fingerprint density at radius 2 is 2.19 bits per heavy atom. The predicted octanol–water partition coefficient (Wildman–Crippen LogP) is 2.08. The van der Waals surface area contributed by atoms with Gasteiger partial charge in [0.1, 0.15) is 0 Å². The van der Waals surface area contributed by atoms with Crippen molar-refractivity contribution >= 4 is 11.6 Å². The molecule has 3 nitrogen and oxygen atoms in total. The van der Waals surface area contributed by atoms with E-state index in [1.165, 1.54) is 12.0 Å². The van der Waals surface area contributed by atoms with Gasteiger partial charge in [0.05, 0.1) is 0 Å². The van der Waals surface area contributed by atoms with Crippen LogP contribution < -0.4 is 10.6 Å². The highest BCUT2D eigenvalue weighted by molar-refractivity contribution is 5.91. The van der Waals surface area contributed by atoms with Crippen molar-refractivity contribution in [1.82, 2.24) is 5.32 Å². The SMILES string of the molecule is Cc1ccc(NC(=O)CC2CCCN2)cc1. The lowest BCUT2D eigenvalue weighted by Crippen LogP contribution is -2.27. The molecule has 1 aromatic carbocycles. The number of aryl methyl sites for hydroxylation is 1. The third-order valence-electron chi connectivity index (χ3n) is 2.93. The quantitative estimate of drug-likeness (QED) is 0.815. The first-order valence-electron chi connectivity index (χ1n) is 5.84. The van der Waals surface area contributed by atoms with Crippen LogP contribution in [0.4, 0.5) is 5.69 Å². The van der Waals surface area contributed by atoms with Crippen molar-refractivity contribution in [2.24, 2.45) is 0 Å². The molecule has 1 saturated heterocycles. The Balaban J connectivity index is 1.84. The zero-order valence-corrected chi connectivity index (χ0v) is 9.62. The summed E-state index contributed by atoms with van der Waals surface area (Å²) in [6, 6.07) is 8.25. The summed E-state index contributed by atoms with van der Waals surface area (Å²) in [6.07, 6.45) is 2.87. The van der Waals surface area contributed by atoms with E-state index in [0.29, 0.717) is 12.5 Å². The van der Waals surface area contributed by atoms with E-state index in [9.17, 15) is 4.79 Å². The highest BCUT2D eigenvalue weighted by atomic mass is 16.1.